The minimum atomic E-state index is 0.141. The largest absolute Gasteiger partial charge is 0.329 e. The number of hydrogen-bond acceptors (Lipinski definition) is 2. The van der Waals surface area contributed by atoms with Crippen LogP contribution in [0.1, 0.15) is 67.7 Å². The first-order chi connectivity index (χ1) is 8.34. The Morgan fingerprint density at radius 2 is 1.44 bits per heavy atom. The van der Waals surface area contributed by atoms with Gasteiger partial charge in [-0.2, -0.15) is 0 Å². The van der Waals surface area contributed by atoms with E-state index in [9.17, 15) is 0 Å². The van der Waals surface area contributed by atoms with E-state index in [4.69, 9.17) is 5.73 Å². The maximum absolute atomic E-state index is 6.21. The molecule has 0 aliphatic carbocycles. The minimum absolute atomic E-state index is 0.141. The molecule has 0 rings (SSSR count). The van der Waals surface area contributed by atoms with Crippen LogP contribution in [0.25, 0.3) is 0 Å². The third-order valence-electron chi connectivity index (χ3n) is 4.49. The lowest BCUT2D eigenvalue weighted by atomic mass is 9.74. The van der Waals surface area contributed by atoms with E-state index in [0.29, 0.717) is 17.9 Å². The van der Waals surface area contributed by atoms with Crippen LogP contribution in [0.5, 0.6) is 0 Å². The van der Waals surface area contributed by atoms with E-state index in [1.54, 1.807) is 0 Å². The molecule has 0 aliphatic rings. The number of hydrogen-bond donors (Lipinski definition) is 1. The van der Waals surface area contributed by atoms with Gasteiger partial charge in [0.25, 0.3) is 0 Å². The minimum Gasteiger partial charge on any atom is -0.329 e. The summed E-state index contributed by atoms with van der Waals surface area (Å²) in [6.45, 7) is 18.1. The third kappa shape index (κ3) is 3.96. The van der Waals surface area contributed by atoms with E-state index in [1.807, 2.05) is 0 Å². The number of nitrogens with zero attached hydrogens (tertiary/aromatic N) is 1. The summed E-state index contributed by atoms with van der Waals surface area (Å²) >= 11 is 0. The smallest absolute Gasteiger partial charge is 0.0380 e. The fourth-order valence-electron chi connectivity index (χ4n) is 3.40. The molecule has 0 heterocycles. The Hall–Kier alpha value is -0.0800. The van der Waals surface area contributed by atoms with Crippen molar-refractivity contribution in [1.29, 1.82) is 0 Å². The molecule has 2 nitrogen and oxygen atoms in total. The fourth-order valence-corrected chi connectivity index (χ4v) is 3.40. The van der Waals surface area contributed by atoms with Crippen molar-refractivity contribution in [2.24, 2.45) is 17.6 Å². The van der Waals surface area contributed by atoms with Crippen LogP contribution in [0.3, 0.4) is 0 Å². The highest BCUT2D eigenvalue weighted by atomic mass is 15.2. The summed E-state index contributed by atoms with van der Waals surface area (Å²) in [5.41, 5.74) is 6.35. The van der Waals surface area contributed by atoms with Gasteiger partial charge in [-0.15, -0.1) is 0 Å². The Morgan fingerprint density at radius 1 is 0.944 bits per heavy atom. The van der Waals surface area contributed by atoms with Crippen molar-refractivity contribution in [3.63, 3.8) is 0 Å². The molecule has 0 amide bonds. The lowest BCUT2D eigenvalue weighted by Gasteiger charge is -2.51. The van der Waals surface area contributed by atoms with E-state index in [0.717, 1.165) is 6.54 Å². The molecule has 0 spiro atoms. The van der Waals surface area contributed by atoms with Crippen molar-refractivity contribution < 1.29 is 0 Å². The van der Waals surface area contributed by atoms with Crippen LogP contribution in [0, 0.1) is 11.8 Å². The van der Waals surface area contributed by atoms with Crippen molar-refractivity contribution in [3.05, 3.63) is 0 Å². The maximum atomic E-state index is 6.21. The summed E-state index contributed by atoms with van der Waals surface area (Å²) in [5.74, 6) is 1.18. The maximum Gasteiger partial charge on any atom is 0.0380 e. The highest BCUT2D eigenvalue weighted by Crippen LogP contribution is 2.34. The van der Waals surface area contributed by atoms with Crippen LogP contribution in [0.15, 0.2) is 0 Å². The fraction of sp³-hybridized carbons (Fsp3) is 1.00. The van der Waals surface area contributed by atoms with E-state index in [1.165, 1.54) is 25.8 Å². The SMILES string of the molecule is CCCCCN(C(C)C)C(CN)(C(C)C)C(C)C. The van der Waals surface area contributed by atoms with Gasteiger partial charge in [0.15, 0.2) is 0 Å². The Bertz CT molecular complexity index is 201. The average Bonchev–Trinajstić information content (AvgIpc) is 2.27. The van der Waals surface area contributed by atoms with Crippen molar-refractivity contribution >= 4 is 0 Å². The molecule has 0 radical (unpaired) electrons. The number of unbranched alkanes of at least 4 members (excludes halogenated alkanes) is 2. The lowest BCUT2D eigenvalue weighted by molar-refractivity contribution is -0.0139. The zero-order valence-corrected chi connectivity index (χ0v) is 13.8. The molecule has 0 saturated carbocycles. The molecular weight excluding hydrogens is 220 g/mol. The Labute approximate surface area is 115 Å². The van der Waals surface area contributed by atoms with E-state index < -0.39 is 0 Å². The van der Waals surface area contributed by atoms with Gasteiger partial charge in [-0.25, -0.2) is 0 Å². The molecule has 110 valence electrons. The second-order valence-electron chi connectivity index (χ2n) is 6.50. The predicted molar refractivity (Wildman–Crippen MR) is 82.8 cm³/mol. The normalized spacial score (nSPS) is 13.3. The van der Waals surface area contributed by atoms with Crippen LogP contribution in [-0.4, -0.2) is 29.6 Å². The first-order valence-corrected chi connectivity index (χ1v) is 7.81. The molecule has 0 aliphatic heterocycles. The highest BCUT2D eigenvalue weighted by molar-refractivity contribution is 4.98. The van der Waals surface area contributed by atoms with E-state index >= 15 is 0 Å². The molecule has 2 N–H and O–H groups in total. The van der Waals surface area contributed by atoms with Gasteiger partial charge in [0, 0.05) is 18.1 Å². The molecule has 0 aromatic rings. The average molecular weight is 256 g/mol. The van der Waals surface area contributed by atoms with Crippen molar-refractivity contribution in [3.8, 4) is 0 Å². The second kappa shape index (κ2) is 8.16. The Kier molecular flexibility index (Phi) is 8.13. The molecule has 0 aromatic carbocycles. The summed E-state index contributed by atoms with van der Waals surface area (Å²) in [6, 6.07) is 0.565. The van der Waals surface area contributed by atoms with Gasteiger partial charge in [0.2, 0.25) is 0 Å². The Morgan fingerprint density at radius 3 is 1.72 bits per heavy atom. The van der Waals surface area contributed by atoms with E-state index in [-0.39, 0.29) is 5.54 Å². The molecular formula is C16H36N2. The van der Waals surface area contributed by atoms with Gasteiger partial charge in [-0.3, -0.25) is 4.90 Å². The van der Waals surface area contributed by atoms with Gasteiger partial charge in [-0.1, -0.05) is 47.5 Å². The van der Waals surface area contributed by atoms with Crippen LogP contribution < -0.4 is 5.73 Å². The zero-order valence-electron chi connectivity index (χ0n) is 13.8. The van der Waals surface area contributed by atoms with Crippen LogP contribution in [0.4, 0.5) is 0 Å². The second-order valence-corrected chi connectivity index (χ2v) is 6.50. The zero-order chi connectivity index (χ0) is 14.3. The van der Waals surface area contributed by atoms with Crippen LogP contribution >= 0.6 is 0 Å². The summed E-state index contributed by atoms with van der Waals surface area (Å²) in [5, 5.41) is 0. The Balaban J connectivity index is 5.09. The number of rotatable bonds is 9. The molecule has 0 atom stereocenters. The van der Waals surface area contributed by atoms with E-state index in [2.05, 4.69) is 53.4 Å². The summed E-state index contributed by atoms with van der Waals surface area (Å²) in [7, 11) is 0. The molecule has 0 fully saturated rings. The lowest BCUT2D eigenvalue weighted by Crippen LogP contribution is -2.63. The molecule has 0 bridgehead atoms. The number of nitrogens with two attached hydrogens (primary N) is 1. The van der Waals surface area contributed by atoms with Gasteiger partial charge in [0.05, 0.1) is 0 Å². The monoisotopic (exact) mass is 256 g/mol. The molecule has 0 unspecified atom stereocenters. The van der Waals surface area contributed by atoms with Gasteiger partial charge >= 0.3 is 0 Å². The van der Waals surface area contributed by atoms with Gasteiger partial charge in [-0.05, 0) is 38.6 Å². The summed E-state index contributed by atoms with van der Waals surface area (Å²) in [6.07, 6.45) is 3.89. The topological polar surface area (TPSA) is 29.3 Å². The predicted octanol–water partition coefficient (Wildman–Crippen LogP) is 3.90. The standard InChI is InChI=1S/C16H36N2/c1-8-9-10-11-18(15(6)7)16(12-17,13(2)3)14(4)5/h13-15H,8-12,17H2,1-7H3. The first-order valence-electron chi connectivity index (χ1n) is 7.81. The summed E-state index contributed by atoms with van der Waals surface area (Å²) in [4.78, 5) is 2.66. The highest BCUT2D eigenvalue weighted by Gasteiger charge is 2.42. The molecule has 2 heteroatoms. The summed E-state index contributed by atoms with van der Waals surface area (Å²) < 4.78 is 0. The van der Waals surface area contributed by atoms with Crippen LogP contribution in [-0.2, 0) is 0 Å². The first kappa shape index (κ1) is 17.9. The van der Waals surface area contributed by atoms with Crippen molar-refractivity contribution in [2.75, 3.05) is 13.1 Å². The third-order valence-corrected chi connectivity index (χ3v) is 4.49. The van der Waals surface area contributed by atoms with Crippen molar-refractivity contribution in [1.82, 2.24) is 4.90 Å². The quantitative estimate of drug-likeness (QED) is 0.634. The molecule has 0 aromatic heterocycles. The van der Waals surface area contributed by atoms with Crippen LogP contribution in [0.2, 0.25) is 0 Å². The van der Waals surface area contributed by atoms with Gasteiger partial charge in [0.1, 0.15) is 0 Å². The molecule has 0 saturated heterocycles. The van der Waals surface area contributed by atoms with Crippen molar-refractivity contribution in [2.45, 2.75) is 79.3 Å². The van der Waals surface area contributed by atoms with Gasteiger partial charge < -0.3 is 5.73 Å². The molecule has 18 heavy (non-hydrogen) atoms.